The van der Waals surface area contributed by atoms with Crippen molar-refractivity contribution >= 4 is 23.3 Å². The quantitative estimate of drug-likeness (QED) is 0.680. The summed E-state index contributed by atoms with van der Waals surface area (Å²) in [5, 5.41) is 5.94. The van der Waals surface area contributed by atoms with Crippen LogP contribution in [0.1, 0.15) is 13.8 Å². The number of aromatic nitrogens is 3. The third-order valence-corrected chi connectivity index (χ3v) is 3.16. The lowest BCUT2D eigenvalue weighted by Crippen LogP contribution is -2.12. The molecule has 0 aliphatic carbocycles. The highest BCUT2D eigenvalue weighted by Crippen LogP contribution is 2.20. The molecule has 3 rings (SSSR count). The van der Waals surface area contributed by atoms with Crippen LogP contribution in [0.3, 0.4) is 0 Å². The molecular weight excluding hydrogens is 340 g/mol. The molecule has 0 fully saturated rings. The maximum Gasteiger partial charge on any atom is 0.323 e. The first-order chi connectivity index (χ1) is 12.5. The molecule has 6 nitrogen and oxygen atoms in total. The third-order valence-electron chi connectivity index (χ3n) is 3.16. The van der Waals surface area contributed by atoms with Crippen LogP contribution < -0.4 is 15.4 Å². The molecule has 0 bridgehead atoms. The van der Waals surface area contributed by atoms with Crippen molar-refractivity contribution in [2.45, 2.75) is 20.0 Å². The number of nitrogens with zero attached hydrogens (tertiary/aromatic N) is 3. The number of hydrogen-bond donors (Lipinski definition) is 2. The van der Waals surface area contributed by atoms with Gasteiger partial charge in [-0.2, -0.15) is 15.0 Å². The van der Waals surface area contributed by atoms with Crippen molar-refractivity contribution in [3.05, 3.63) is 60.2 Å². The van der Waals surface area contributed by atoms with E-state index in [0.717, 1.165) is 0 Å². The van der Waals surface area contributed by atoms with Crippen LogP contribution in [0.2, 0.25) is 0 Å². The highest BCUT2D eigenvalue weighted by atomic mass is 19.1. The van der Waals surface area contributed by atoms with Crippen LogP contribution in [-0.2, 0) is 0 Å². The molecule has 0 aliphatic heterocycles. The second-order valence-corrected chi connectivity index (χ2v) is 5.70. The molecule has 0 saturated carbocycles. The first-order valence-electron chi connectivity index (χ1n) is 7.96. The number of ether oxygens (including phenoxy) is 1. The zero-order valence-corrected chi connectivity index (χ0v) is 14.2. The fourth-order valence-corrected chi connectivity index (χ4v) is 2.06. The van der Waals surface area contributed by atoms with Crippen LogP contribution in [0.4, 0.5) is 32.1 Å². The van der Waals surface area contributed by atoms with Crippen LogP contribution in [0.5, 0.6) is 6.01 Å². The van der Waals surface area contributed by atoms with Gasteiger partial charge >= 0.3 is 6.01 Å². The molecule has 3 aromatic rings. The molecule has 2 N–H and O–H groups in total. The summed E-state index contributed by atoms with van der Waals surface area (Å²) >= 11 is 0. The van der Waals surface area contributed by atoms with Crippen LogP contribution in [0.25, 0.3) is 0 Å². The van der Waals surface area contributed by atoms with Crippen molar-refractivity contribution in [3.8, 4) is 6.01 Å². The lowest BCUT2D eigenvalue weighted by molar-refractivity contribution is 0.222. The van der Waals surface area contributed by atoms with E-state index in [1.54, 1.807) is 24.3 Å². The van der Waals surface area contributed by atoms with Gasteiger partial charge in [0.1, 0.15) is 11.6 Å². The molecule has 26 heavy (non-hydrogen) atoms. The van der Waals surface area contributed by atoms with Gasteiger partial charge in [0.25, 0.3) is 0 Å². The fraction of sp³-hybridized carbons (Fsp3) is 0.167. The molecule has 0 spiro atoms. The Balaban J connectivity index is 1.87. The smallest absolute Gasteiger partial charge is 0.323 e. The summed E-state index contributed by atoms with van der Waals surface area (Å²) in [5.41, 5.74) is 1.22. The van der Waals surface area contributed by atoms with E-state index >= 15 is 0 Å². The normalized spacial score (nSPS) is 10.7. The largest absolute Gasteiger partial charge is 0.461 e. The van der Waals surface area contributed by atoms with Gasteiger partial charge in [-0.05, 0) is 62.4 Å². The van der Waals surface area contributed by atoms with Gasteiger partial charge < -0.3 is 15.4 Å². The highest BCUT2D eigenvalue weighted by Gasteiger charge is 2.10. The number of benzene rings is 2. The molecule has 134 valence electrons. The van der Waals surface area contributed by atoms with Crippen molar-refractivity contribution < 1.29 is 13.5 Å². The van der Waals surface area contributed by atoms with Gasteiger partial charge in [0.05, 0.1) is 6.10 Å². The summed E-state index contributed by atoms with van der Waals surface area (Å²) in [7, 11) is 0. The van der Waals surface area contributed by atoms with E-state index in [-0.39, 0.29) is 35.6 Å². The minimum Gasteiger partial charge on any atom is -0.461 e. The molecule has 1 aromatic heterocycles. The van der Waals surface area contributed by atoms with Gasteiger partial charge in [0, 0.05) is 11.4 Å². The molecule has 0 unspecified atom stereocenters. The van der Waals surface area contributed by atoms with E-state index < -0.39 is 0 Å². The highest BCUT2D eigenvalue weighted by molar-refractivity contribution is 5.57. The zero-order valence-electron chi connectivity index (χ0n) is 14.2. The number of anilines is 4. The second kappa shape index (κ2) is 7.73. The Morgan fingerprint density at radius 1 is 0.731 bits per heavy atom. The third kappa shape index (κ3) is 4.85. The molecule has 8 heteroatoms. The maximum absolute atomic E-state index is 13.0. The number of halogens is 2. The Labute approximate surface area is 149 Å². The standard InChI is InChI=1S/C18H17F2N5O/c1-11(2)26-18-24-16(21-14-7-3-12(19)4-8-14)23-17(25-18)22-15-9-5-13(20)6-10-15/h3-11H,1-2H3,(H2,21,22,23,24,25). The van der Waals surface area contributed by atoms with Gasteiger partial charge in [-0.3, -0.25) is 0 Å². The van der Waals surface area contributed by atoms with E-state index in [0.29, 0.717) is 11.4 Å². The Morgan fingerprint density at radius 2 is 1.15 bits per heavy atom. The average molecular weight is 357 g/mol. The van der Waals surface area contributed by atoms with E-state index in [2.05, 4.69) is 25.6 Å². The lowest BCUT2D eigenvalue weighted by atomic mass is 10.3. The van der Waals surface area contributed by atoms with E-state index in [1.807, 2.05) is 13.8 Å². The topological polar surface area (TPSA) is 72.0 Å². The molecule has 0 radical (unpaired) electrons. The second-order valence-electron chi connectivity index (χ2n) is 5.70. The number of nitrogens with one attached hydrogen (secondary N) is 2. The van der Waals surface area contributed by atoms with Crippen molar-refractivity contribution in [1.82, 2.24) is 15.0 Å². The van der Waals surface area contributed by atoms with Crippen LogP contribution in [-0.4, -0.2) is 21.1 Å². The summed E-state index contributed by atoms with van der Waals surface area (Å²) in [6, 6.07) is 11.7. The number of rotatable bonds is 6. The van der Waals surface area contributed by atoms with Crippen LogP contribution in [0, 0.1) is 11.6 Å². The van der Waals surface area contributed by atoms with E-state index in [9.17, 15) is 8.78 Å². The average Bonchev–Trinajstić information content (AvgIpc) is 2.58. The van der Waals surface area contributed by atoms with Crippen LogP contribution >= 0.6 is 0 Å². The van der Waals surface area contributed by atoms with Crippen molar-refractivity contribution in [3.63, 3.8) is 0 Å². The minimum atomic E-state index is -0.339. The maximum atomic E-state index is 13.0. The minimum absolute atomic E-state index is 0.129. The van der Waals surface area contributed by atoms with Gasteiger partial charge in [0.15, 0.2) is 0 Å². The Morgan fingerprint density at radius 3 is 1.54 bits per heavy atom. The van der Waals surface area contributed by atoms with E-state index in [4.69, 9.17) is 4.74 Å². The lowest BCUT2D eigenvalue weighted by Gasteiger charge is -2.12. The molecular formula is C18H17F2N5O. The van der Waals surface area contributed by atoms with Crippen molar-refractivity contribution in [2.24, 2.45) is 0 Å². The summed E-state index contributed by atoms with van der Waals surface area (Å²) in [5.74, 6) is -0.221. The fourth-order valence-electron chi connectivity index (χ4n) is 2.06. The molecule has 1 heterocycles. The predicted molar refractivity (Wildman–Crippen MR) is 95.0 cm³/mol. The summed E-state index contributed by atoms with van der Waals surface area (Å²) in [6.07, 6.45) is -0.130. The van der Waals surface area contributed by atoms with Gasteiger partial charge in [-0.25, -0.2) is 8.78 Å². The molecule has 0 saturated heterocycles. The molecule has 0 amide bonds. The Hall–Kier alpha value is -3.29. The van der Waals surface area contributed by atoms with Crippen LogP contribution in [0.15, 0.2) is 48.5 Å². The first-order valence-corrected chi connectivity index (χ1v) is 7.96. The molecule has 2 aromatic carbocycles. The Bertz CT molecular complexity index is 804. The van der Waals surface area contributed by atoms with Crippen molar-refractivity contribution in [2.75, 3.05) is 10.6 Å². The Kier molecular flexibility index (Phi) is 5.21. The van der Waals surface area contributed by atoms with E-state index in [1.165, 1.54) is 24.3 Å². The molecule has 0 atom stereocenters. The van der Waals surface area contributed by atoms with Crippen molar-refractivity contribution in [1.29, 1.82) is 0 Å². The first kappa shape index (κ1) is 17.5. The monoisotopic (exact) mass is 357 g/mol. The predicted octanol–water partition coefficient (Wildman–Crippen LogP) is 4.42. The number of hydrogen-bond acceptors (Lipinski definition) is 6. The van der Waals surface area contributed by atoms with Gasteiger partial charge in [-0.1, -0.05) is 0 Å². The summed E-state index contributed by atoms with van der Waals surface area (Å²) < 4.78 is 31.6. The van der Waals surface area contributed by atoms with Gasteiger partial charge in [-0.15, -0.1) is 0 Å². The zero-order chi connectivity index (χ0) is 18.5. The SMILES string of the molecule is CC(C)Oc1nc(Nc2ccc(F)cc2)nc(Nc2ccc(F)cc2)n1. The molecule has 0 aliphatic rings. The van der Waals surface area contributed by atoms with Gasteiger partial charge in [0.2, 0.25) is 11.9 Å². The summed E-state index contributed by atoms with van der Waals surface area (Å²) in [4.78, 5) is 12.7. The summed E-state index contributed by atoms with van der Waals surface area (Å²) in [6.45, 7) is 3.70.